The van der Waals surface area contributed by atoms with E-state index < -0.39 is 0 Å². The van der Waals surface area contributed by atoms with Gasteiger partial charge in [0.05, 0.1) is 10.5 Å². The molecule has 0 unspecified atom stereocenters. The Morgan fingerprint density at radius 2 is 1.71 bits per heavy atom. The molecule has 142 valence electrons. The number of para-hydroxylation sites is 2. The highest BCUT2D eigenvalue weighted by atomic mass is 16.6. The third-order valence-corrected chi connectivity index (χ3v) is 4.79. The number of H-pyrrole nitrogens is 1. The molecule has 0 bridgehead atoms. The van der Waals surface area contributed by atoms with Crippen LogP contribution in [0.1, 0.15) is 0 Å². The van der Waals surface area contributed by atoms with Crippen LogP contribution in [0.25, 0.3) is 32.9 Å². The summed E-state index contributed by atoms with van der Waals surface area (Å²) in [6.07, 6.45) is 0. The number of nitrogens with one attached hydrogen (secondary N) is 1. The van der Waals surface area contributed by atoms with E-state index in [1.807, 2.05) is 49.3 Å². The molecule has 0 radical (unpaired) electrons. The number of nitro groups is 1. The van der Waals surface area contributed by atoms with Crippen molar-refractivity contribution in [2.75, 3.05) is 27.2 Å². The maximum Gasteiger partial charge on any atom is 0.277 e. The highest BCUT2D eigenvalue weighted by molar-refractivity contribution is 6.09. The van der Waals surface area contributed by atoms with Crippen LogP contribution in [0.2, 0.25) is 0 Å². The largest absolute Gasteiger partial charge is 0.492 e. The second kappa shape index (κ2) is 7.32. The molecular formula is C22H21N3O3. The first-order chi connectivity index (χ1) is 13.5. The first-order valence-electron chi connectivity index (χ1n) is 9.10. The zero-order valence-electron chi connectivity index (χ0n) is 15.8. The zero-order valence-corrected chi connectivity index (χ0v) is 15.8. The van der Waals surface area contributed by atoms with Gasteiger partial charge in [0.25, 0.3) is 5.69 Å². The summed E-state index contributed by atoms with van der Waals surface area (Å²) < 4.78 is 6.09. The van der Waals surface area contributed by atoms with E-state index in [4.69, 9.17) is 4.74 Å². The van der Waals surface area contributed by atoms with E-state index in [0.29, 0.717) is 23.5 Å². The van der Waals surface area contributed by atoms with Crippen molar-refractivity contribution in [2.24, 2.45) is 0 Å². The second-order valence-electron chi connectivity index (χ2n) is 6.99. The zero-order chi connectivity index (χ0) is 19.7. The van der Waals surface area contributed by atoms with Crippen molar-refractivity contribution in [2.45, 2.75) is 0 Å². The number of fused-ring (bicyclic) bond motifs is 3. The number of benzene rings is 3. The number of rotatable bonds is 6. The standard InChI is InChI=1S/C22H21N3O3/c1-24(2)11-12-28-22-14-17-15-7-3-5-9-19(15)23-20(17)13-18(22)16-8-4-6-10-21(16)25(26)27/h3-10,13-14,23H,11-12H2,1-2H3. The first-order valence-corrected chi connectivity index (χ1v) is 9.10. The third-order valence-electron chi connectivity index (χ3n) is 4.79. The van der Waals surface area contributed by atoms with Crippen molar-refractivity contribution >= 4 is 27.5 Å². The van der Waals surface area contributed by atoms with E-state index >= 15 is 0 Å². The summed E-state index contributed by atoms with van der Waals surface area (Å²) in [5.41, 5.74) is 3.28. The molecule has 0 atom stereocenters. The Morgan fingerprint density at radius 1 is 0.964 bits per heavy atom. The molecule has 1 aromatic heterocycles. The summed E-state index contributed by atoms with van der Waals surface area (Å²) in [6.45, 7) is 1.25. The molecule has 28 heavy (non-hydrogen) atoms. The SMILES string of the molecule is CN(C)CCOc1cc2c(cc1-c1ccccc1[N+](=O)[O-])[nH]c1ccccc12. The summed E-state index contributed by atoms with van der Waals surface area (Å²) in [5.74, 6) is 0.647. The van der Waals surface area contributed by atoms with Gasteiger partial charge < -0.3 is 14.6 Å². The van der Waals surface area contributed by atoms with Gasteiger partial charge >= 0.3 is 0 Å². The fraction of sp³-hybridized carbons (Fsp3) is 0.182. The minimum Gasteiger partial charge on any atom is -0.492 e. The Morgan fingerprint density at radius 3 is 2.50 bits per heavy atom. The highest BCUT2D eigenvalue weighted by Gasteiger charge is 2.20. The van der Waals surface area contributed by atoms with Crippen LogP contribution in [0, 0.1) is 10.1 Å². The number of nitrogens with zero attached hydrogens (tertiary/aromatic N) is 2. The molecular weight excluding hydrogens is 354 g/mol. The van der Waals surface area contributed by atoms with Gasteiger partial charge in [-0.2, -0.15) is 0 Å². The monoisotopic (exact) mass is 375 g/mol. The predicted molar refractivity (Wildman–Crippen MR) is 112 cm³/mol. The minimum atomic E-state index is -0.353. The molecule has 0 aliphatic heterocycles. The van der Waals surface area contributed by atoms with Crippen LogP contribution in [0.3, 0.4) is 0 Å². The maximum atomic E-state index is 11.6. The molecule has 4 aromatic rings. The van der Waals surface area contributed by atoms with Gasteiger partial charge in [0.1, 0.15) is 12.4 Å². The van der Waals surface area contributed by atoms with Crippen molar-refractivity contribution in [3.05, 3.63) is 70.8 Å². The Hall–Kier alpha value is -3.38. The van der Waals surface area contributed by atoms with Crippen LogP contribution >= 0.6 is 0 Å². The van der Waals surface area contributed by atoms with Crippen molar-refractivity contribution in [3.8, 4) is 16.9 Å². The van der Waals surface area contributed by atoms with Gasteiger partial charge in [-0.15, -0.1) is 0 Å². The average Bonchev–Trinajstić information content (AvgIpc) is 3.04. The van der Waals surface area contributed by atoms with Gasteiger partial charge in [-0.1, -0.05) is 30.3 Å². The lowest BCUT2D eigenvalue weighted by Gasteiger charge is -2.15. The lowest BCUT2D eigenvalue weighted by Crippen LogP contribution is -2.19. The molecule has 0 saturated carbocycles. The van der Waals surface area contributed by atoms with Crippen LogP contribution in [0.4, 0.5) is 5.69 Å². The van der Waals surface area contributed by atoms with Gasteiger partial charge in [-0.05, 0) is 38.4 Å². The van der Waals surface area contributed by atoms with E-state index in [1.54, 1.807) is 18.2 Å². The number of aromatic amines is 1. The molecule has 1 N–H and O–H groups in total. The summed E-state index contributed by atoms with van der Waals surface area (Å²) in [4.78, 5) is 16.7. The summed E-state index contributed by atoms with van der Waals surface area (Å²) in [5, 5.41) is 13.7. The van der Waals surface area contributed by atoms with Crippen molar-refractivity contribution in [1.29, 1.82) is 0 Å². The fourth-order valence-electron chi connectivity index (χ4n) is 3.41. The Bertz CT molecular complexity index is 1160. The fourth-order valence-corrected chi connectivity index (χ4v) is 3.41. The lowest BCUT2D eigenvalue weighted by molar-refractivity contribution is -0.384. The Kier molecular flexibility index (Phi) is 4.71. The topological polar surface area (TPSA) is 71.4 Å². The molecule has 0 aliphatic rings. The quantitative estimate of drug-likeness (QED) is 0.387. The molecule has 0 saturated heterocycles. The minimum absolute atomic E-state index is 0.0652. The van der Waals surface area contributed by atoms with Crippen molar-refractivity contribution in [1.82, 2.24) is 9.88 Å². The molecule has 6 heteroatoms. The van der Waals surface area contributed by atoms with Gasteiger partial charge in [0.15, 0.2) is 0 Å². The van der Waals surface area contributed by atoms with Crippen LogP contribution in [-0.2, 0) is 0 Å². The van der Waals surface area contributed by atoms with Crippen molar-refractivity contribution < 1.29 is 9.66 Å². The van der Waals surface area contributed by atoms with Crippen LogP contribution in [0.15, 0.2) is 60.7 Å². The molecule has 0 fully saturated rings. The van der Waals surface area contributed by atoms with Crippen LogP contribution < -0.4 is 4.74 Å². The first kappa shape index (κ1) is 18.0. The van der Waals surface area contributed by atoms with E-state index in [1.165, 1.54) is 6.07 Å². The molecule has 3 aromatic carbocycles. The highest BCUT2D eigenvalue weighted by Crippen LogP contribution is 2.40. The number of ether oxygens (including phenoxy) is 1. The van der Waals surface area contributed by atoms with Crippen LogP contribution in [-0.4, -0.2) is 42.1 Å². The van der Waals surface area contributed by atoms with Crippen LogP contribution in [0.5, 0.6) is 5.75 Å². The number of nitro benzene ring substituents is 1. The van der Waals surface area contributed by atoms with E-state index in [-0.39, 0.29) is 10.6 Å². The average molecular weight is 375 g/mol. The van der Waals surface area contributed by atoms with E-state index in [2.05, 4.69) is 11.1 Å². The molecule has 0 aliphatic carbocycles. The Balaban J connectivity index is 1.92. The number of aromatic nitrogens is 1. The molecule has 0 spiro atoms. The van der Waals surface area contributed by atoms with Gasteiger partial charge in [0, 0.05) is 40.0 Å². The predicted octanol–water partition coefficient (Wildman–Crippen LogP) is 4.84. The molecule has 1 heterocycles. The number of hydrogen-bond donors (Lipinski definition) is 1. The van der Waals surface area contributed by atoms with Gasteiger partial charge in [-0.25, -0.2) is 0 Å². The summed E-state index contributed by atoms with van der Waals surface area (Å²) in [7, 11) is 3.96. The normalized spacial score (nSPS) is 11.4. The summed E-state index contributed by atoms with van der Waals surface area (Å²) >= 11 is 0. The molecule has 4 rings (SSSR count). The third kappa shape index (κ3) is 3.30. The number of hydrogen-bond acceptors (Lipinski definition) is 4. The Labute approximate surface area is 162 Å². The van der Waals surface area contributed by atoms with Crippen molar-refractivity contribution in [3.63, 3.8) is 0 Å². The smallest absolute Gasteiger partial charge is 0.277 e. The molecule has 0 amide bonds. The second-order valence-corrected chi connectivity index (χ2v) is 6.99. The van der Waals surface area contributed by atoms with Gasteiger partial charge in [0.2, 0.25) is 0 Å². The maximum absolute atomic E-state index is 11.6. The summed E-state index contributed by atoms with van der Waals surface area (Å²) in [6, 6.07) is 18.8. The lowest BCUT2D eigenvalue weighted by atomic mass is 10.0. The van der Waals surface area contributed by atoms with E-state index in [9.17, 15) is 10.1 Å². The van der Waals surface area contributed by atoms with Gasteiger partial charge in [-0.3, -0.25) is 10.1 Å². The van der Waals surface area contributed by atoms with E-state index in [0.717, 1.165) is 28.4 Å². The number of likely N-dealkylation sites (N-methyl/N-ethyl adjacent to an activating group) is 1. The molecule has 6 nitrogen and oxygen atoms in total.